The molecule has 2 aromatic rings. The standard InChI is InChI=1S/C27H40N8O4.ClH/c1-27(2,29)24(37)33-10-12-34(13-11-33)25(38)30-23-8-9-35(26(39)31-23)20-6-4-18(5-7-20)17-32(3)21-14-19(28)15-22(36)16-21;/h4-9,19,21-22,36H,10-17,28-29H2,1-3H3,(H,30,31,38,39);1H. The summed E-state index contributed by atoms with van der Waals surface area (Å²) in [7, 11) is 2.03. The minimum Gasteiger partial charge on any atom is -0.393 e. The van der Waals surface area contributed by atoms with Gasteiger partial charge in [-0.2, -0.15) is 4.98 Å². The van der Waals surface area contributed by atoms with Crippen LogP contribution >= 0.6 is 12.4 Å². The van der Waals surface area contributed by atoms with Crippen LogP contribution in [-0.2, 0) is 11.3 Å². The Morgan fingerprint density at radius 2 is 1.70 bits per heavy atom. The molecule has 2 heterocycles. The fraction of sp³-hybridized carbons (Fsp3) is 0.556. The maximum atomic E-state index is 12.7. The van der Waals surface area contributed by atoms with Crippen LogP contribution in [0.3, 0.4) is 0 Å². The Morgan fingerprint density at radius 3 is 2.27 bits per heavy atom. The number of rotatable bonds is 6. The number of aliphatic hydroxyl groups is 1. The fourth-order valence-electron chi connectivity index (χ4n) is 5.22. The molecule has 12 nitrogen and oxygen atoms in total. The lowest BCUT2D eigenvalue weighted by Gasteiger charge is -2.37. The number of carbonyl (C=O) groups is 2. The molecule has 1 saturated carbocycles. The molecule has 13 heteroatoms. The third-order valence-corrected chi connectivity index (χ3v) is 7.41. The zero-order chi connectivity index (χ0) is 28.3. The van der Waals surface area contributed by atoms with Crippen LogP contribution in [0.4, 0.5) is 10.6 Å². The van der Waals surface area contributed by atoms with E-state index in [0.29, 0.717) is 44.8 Å². The number of urea groups is 1. The third-order valence-electron chi connectivity index (χ3n) is 7.41. The van der Waals surface area contributed by atoms with E-state index in [-0.39, 0.29) is 48.4 Å². The van der Waals surface area contributed by atoms with E-state index in [0.717, 1.165) is 18.4 Å². The Hall–Kier alpha value is -3.03. The molecule has 220 valence electrons. The summed E-state index contributed by atoms with van der Waals surface area (Å²) in [4.78, 5) is 47.2. The highest BCUT2D eigenvalue weighted by Gasteiger charge is 2.31. The van der Waals surface area contributed by atoms with Gasteiger partial charge >= 0.3 is 11.7 Å². The molecule has 2 fully saturated rings. The lowest BCUT2D eigenvalue weighted by atomic mass is 9.88. The lowest BCUT2D eigenvalue weighted by Crippen LogP contribution is -2.58. The molecule has 1 aromatic carbocycles. The number of aliphatic hydroxyl groups excluding tert-OH is 1. The Bertz CT molecular complexity index is 1210. The number of hydrogen-bond donors (Lipinski definition) is 4. The molecule has 1 aliphatic heterocycles. The second-order valence-corrected chi connectivity index (χ2v) is 11.3. The highest BCUT2D eigenvalue weighted by molar-refractivity contribution is 5.89. The largest absolute Gasteiger partial charge is 0.393 e. The van der Waals surface area contributed by atoms with Crippen molar-refractivity contribution in [3.05, 3.63) is 52.6 Å². The van der Waals surface area contributed by atoms with Crippen molar-refractivity contribution in [2.75, 3.05) is 38.5 Å². The van der Waals surface area contributed by atoms with Gasteiger partial charge in [-0.25, -0.2) is 9.59 Å². The number of nitrogens with two attached hydrogens (primary N) is 2. The van der Waals surface area contributed by atoms with E-state index < -0.39 is 11.2 Å². The van der Waals surface area contributed by atoms with Gasteiger partial charge in [0.15, 0.2) is 0 Å². The van der Waals surface area contributed by atoms with Crippen LogP contribution in [-0.4, -0.2) is 98.2 Å². The van der Waals surface area contributed by atoms with Crippen molar-refractivity contribution in [1.82, 2.24) is 24.3 Å². The SMILES string of the molecule is CN(Cc1ccc(-n2ccc(NC(=O)N3CCN(C(=O)C(C)(C)N)CC3)nc2=O)cc1)C1CC(N)CC(O)C1.Cl. The number of carbonyl (C=O) groups excluding carboxylic acids is 2. The number of amides is 3. The lowest BCUT2D eigenvalue weighted by molar-refractivity contribution is -0.137. The summed E-state index contributed by atoms with van der Waals surface area (Å²) < 4.78 is 1.42. The van der Waals surface area contributed by atoms with Crippen LogP contribution < -0.4 is 22.5 Å². The van der Waals surface area contributed by atoms with Gasteiger partial charge in [0.25, 0.3) is 0 Å². The predicted molar refractivity (Wildman–Crippen MR) is 156 cm³/mol. The van der Waals surface area contributed by atoms with Crippen LogP contribution in [0.5, 0.6) is 0 Å². The van der Waals surface area contributed by atoms with Gasteiger partial charge in [0.2, 0.25) is 5.91 Å². The predicted octanol–water partition coefficient (Wildman–Crippen LogP) is 0.740. The minimum atomic E-state index is -0.955. The summed E-state index contributed by atoms with van der Waals surface area (Å²) in [5.41, 5.74) is 12.3. The minimum absolute atomic E-state index is 0. The van der Waals surface area contributed by atoms with Gasteiger partial charge in [-0.05, 0) is 63.9 Å². The second kappa shape index (κ2) is 13.1. The average Bonchev–Trinajstić information content (AvgIpc) is 2.88. The van der Waals surface area contributed by atoms with Gasteiger partial charge in [0, 0.05) is 51.0 Å². The smallest absolute Gasteiger partial charge is 0.354 e. The molecular weight excluding hydrogens is 536 g/mol. The fourth-order valence-corrected chi connectivity index (χ4v) is 5.22. The van der Waals surface area contributed by atoms with Gasteiger partial charge in [-0.1, -0.05) is 12.1 Å². The van der Waals surface area contributed by atoms with E-state index in [1.165, 1.54) is 4.57 Å². The Labute approximate surface area is 240 Å². The number of hydrogen-bond acceptors (Lipinski definition) is 8. The maximum absolute atomic E-state index is 12.7. The van der Waals surface area contributed by atoms with E-state index in [1.54, 1.807) is 35.9 Å². The molecule has 1 aromatic heterocycles. The zero-order valence-electron chi connectivity index (χ0n) is 23.3. The summed E-state index contributed by atoms with van der Waals surface area (Å²) in [6.07, 6.45) is 3.45. The molecule has 0 spiro atoms. The van der Waals surface area contributed by atoms with Crippen LogP contribution in [0, 0.1) is 0 Å². The number of nitrogens with zero attached hydrogens (tertiary/aromatic N) is 5. The molecule has 2 aliphatic rings. The Kier molecular flexibility index (Phi) is 10.3. The number of piperazine rings is 1. The summed E-state index contributed by atoms with van der Waals surface area (Å²) in [5, 5.41) is 12.7. The molecular formula is C27H41ClN8O4. The van der Waals surface area contributed by atoms with Crippen molar-refractivity contribution in [1.29, 1.82) is 0 Å². The maximum Gasteiger partial charge on any atom is 0.354 e. The average molecular weight is 577 g/mol. The molecule has 4 rings (SSSR count). The normalized spacial score (nSPS) is 21.6. The van der Waals surface area contributed by atoms with Crippen molar-refractivity contribution >= 4 is 30.2 Å². The number of halogens is 1. The van der Waals surface area contributed by atoms with Crippen molar-refractivity contribution in [3.63, 3.8) is 0 Å². The van der Waals surface area contributed by atoms with Crippen molar-refractivity contribution in [3.8, 4) is 5.69 Å². The topological polar surface area (TPSA) is 163 Å². The van der Waals surface area contributed by atoms with E-state index in [1.807, 2.05) is 31.3 Å². The van der Waals surface area contributed by atoms with Crippen molar-refractivity contribution in [2.45, 2.75) is 63.4 Å². The quantitative estimate of drug-likeness (QED) is 0.391. The molecule has 1 saturated heterocycles. The molecule has 40 heavy (non-hydrogen) atoms. The second-order valence-electron chi connectivity index (χ2n) is 11.3. The van der Waals surface area contributed by atoms with E-state index in [2.05, 4.69) is 15.2 Å². The molecule has 0 radical (unpaired) electrons. The zero-order valence-corrected chi connectivity index (χ0v) is 24.1. The van der Waals surface area contributed by atoms with Crippen LogP contribution in [0.2, 0.25) is 0 Å². The molecule has 3 unspecified atom stereocenters. The summed E-state index contributed by atoms with van der Waals surface area (Å²) in [5.74, 6) is 0.00986. The van der Waals surface area contributed by atoms with Crippen LogP contribution in [0.1, 0.15) is 38.7 Å². The first-order chi connectivity index (χ1) is 18.4. The van der Waals surface area contributed by atoms with Crippen LogP contribution in [0.15, 0.2) is 41.3 Å². The first kappa shape index (κ1) is 31.5. The molecule has 3 amide bonds. The first-order valence-corrected chi connectivity index (χ1v) is 13.4. The van der Waals surface area contributed by atoms with Gasteiger partial charge in [0.05, 0.1) is 17.3 Å². The van der Waals surface area contributed by atoms with E-state index in [9.17, 15) is 19.5 Å². The van der Waals surface area contributed by atoms with E-state index >= 15 is 0 Å². The first-order valence-electron chi connectivity index (χ1n) is 13.4. The number of benzene rings is 1. The molecule has 3 atom stereocenters. The van der Waals surface area contributed by atoms with Crippen molar-refractivity contribution < 1.29 is 14.7 Å². The number of nitrogens with one attached hydrogen (secondary N) is 1. The van der Waals surface area contributed by atoms with Crippen LogP contribution in [0.25, 0.3) is 5.69 Å². The van der Waals surface area contributed by atoms with Gasteiger partial charge in [-0.15, -0.1) is 12.4 Å². The molecule has 1 aliphatic carbocycles. The summed E-state index contributed by atoms with van der Waals surface area (Å²) in [6.45, 7) is 5.54. The van der Waals surface area contributed by atoms with Crippen molar-refractivity contribution in [2.24, 2.45) is 11.5 Å². The Morgan fingerprint density at radius 1 is 1.07 bits per heavy atom. The van der Waals surface area contributed by atoms with Gasteiger partial charge < -0.3 is 26.4 Å². The number of aromatic nitrogens is 2. The molecule has 0 bridgehead atoms. The highest BCUT2D eigenvalue weighted by Crippen LogP contribution is 2.23. The van der Waals surface area contributed by atoms with Gasteiger partial charge in [-0.3, -0.25) is 19.6 Å². The summed E-state index contributed by atoms with van der Waals surface area (Å²) >= 11 is 0. The third kappa shape index (κ3) is 7.79. The van der Waals surface area contributed by atoms with E-state index in [4.69, 9.17) is 11.5 Å². The Balaban J connectivity index is 0.00000441. The number of anilines is 1. The molecule has 6 N–H and O–H groups in total. The monoisotopic (exact) mass is 576 g/mol. The highest BCUT2D eigenvalue weighted by atomic mass is 35.5. The van der Waals surface area contributed by atoms with Gasteiger partial charge in [0.1, 0.15) is 5.82 Å². The summed E-state index contributed by atoms with van der Waals surface area (Å²) in [6, 6.07) is 9.08.